The molecule has 0 aliphatic carbocycles. The molecular formula is C19H24N2O3. The van der Waals surface area contributed by atoms with Crippen LogP contribution in [0.4, 0.5) is 0 Å². The molecule has 1 amide bonds. The Hall–Kier alpha value is -2.11. The van der Waals surface area contributed by atoms with Crippen LogP contribution >= 0.6 is 0 Å². The van der Waals surface area contributed by atoms with Gasteiger partial charge in [0.2, 0.25) is 0 Å². The van der Waals surface area contributed by atoms with E-state index in [0.29, 0.717) is 11.3 Å². The summed E-state index contributed by atoms with van der Waals surface area (Å²) in [6.45, 7) is 5.39. The number of furan rings is 1. The van der Waals surface area contributed by atoms with Crippen molar-refractivity contribution in [2.24, 2.45) is 0 Å². The molecule has 1 aliphatic heterocycles. The lowest BCUT2D eigenvalue weighted by atomic mass is 10.2. The van der Waals surface area contributed by atoms with Crippen LogP contribution in [0.1, 0.15) is 35.0 Å². The molecule has 2 heterocycles. The van der Waals surface area contributed by atoms with Gasteiger partial charge in [-0.1, -0.05) is 30.3 Å². The van der Waals surface area contributed by atoms with E-state index in [1.807, 2.05) is 11.0 Å². The summed E-state index contributed by atoms with van der Waals surface area (Å²) in [6, 6.07) is 12.2. The molecule has 24 heavy (non-hydrogen) atoms. The number of benzene rings is 1. The zero-order valence-corrected chi connectivity index (χ0v) is 14.0. The predicted octanol–water partition coefficient (Wildman–Crippen LogP) is 2.51. The van der Waals surface area contributed by atoms with Crippen molar-refractivity contribution in [1.82, 2.24) is 9.80 Å². The van der Waals surface area contributed by atoms with Crippen molar-refractivity contribution in [3.05, 3.63) is 59.5 Å². The molecule has 1 atom stereocenters. The predicted molar refractivity (Wildman–Crippen MR) is 91.5 cm³/mol. The van der Waals surface area contributed by atoms with Gasteiger partial charge < -0.3 is 14.4 Å². The second-order valence-electron chi connectivity index (χ2n) is 6.38. The molecule has 0 radical (unpaired) electrons. The number of carbonyl (C=O) groups excluding carboxylic acids is 1. The zero-order valence-electron chi connectivity index (χ0n) is 14.0. The van der Waals surface area contributed by atoms with Gasteiger partial charge in [-0.3, -0.25) is 9.69 Å². The van der Waals surface area contributed by atoms with Crippen LogP contribution in [0.25, 0.3) is 0 Å². The van der Waals surface area contributed by atoms with Crippen LogP contribution in [0, 0.1) is 0 Å². The first kappa shape index (κ1) is 16.7. The normalized spacial score (nSPS) is 19.2. The minimum absolute atomic E-state index is 0.0208. The number of hydrogen-bond donors (Lipinski definition) is 1. The van der Waals surface area contributed by atoms with Crippen molar-refractivity contribution < 1.29 is 14.3 Å². The van der Waals surface area contributed by atoms with Crippen molar-refractivity contribution in [2.45, 2.75) is 32.5 Å². The number of aliphatic hydroxyl groups is 1. The maximum absolute atomic E-state index is 12.7. The average Bonchev–Trinajstić information content (AvgIpc) is 3.00. The highest BCUT2D eigenvalue weighted by Crippen LogP contribution is 2.17. The second kappa shape index (κ2) is 7.64. The van der Waals surface area contributed by atoms with Crippen molar-refractivity contribution in [3.8, 4) is 0 Å². The number of amides is 1. The van der Waals surface area contributed by atoms with Gasteiger partial charge in [0.15, 0.2) is 0 Å². The van der Waals surface area contributed by atoms with Gasteiger partial charge in [0.05, 0.1) is 5.56 Å². The molecule has 5 nitrogen and oxygen atoms in total. The lowest BCUT2D eigenvalue weighted by molar-refractivity contribution is 0.0691. The smallest absolute Gasteiger partial charge is 0.257 e. The average molecular weight is 328 g/mol. The highest BCUT2D eigenvalue weighted by atomic mass is 16.4. The molecule has 2 aromatic rings. The van der Waals surface area contributed by atoms with E-state index in [0.717, 1.165) is 32.6 Å². The third kappa shape index (κ3) is 3.86. The Balaban J connectivity index is 1.65. The Morgan fingerprint density at radius 1 is 1.29 bits per heavy atom. The van der Waals surface area contributed by atoms with E-state index in [1.165, 1.54) is 11.8 Å². The maximum Gasteiger partial charge on any atom is 0.257 e. The SMILES string of the molecule is CC1CN(Cc2ccccc2)CCCN1C(=O)c1coc(CO)c1. The van der Waals surface area contributed by atoms with Crippen molar-refractivity contribution in [1.29, 1.82) is 0 Å². The Morgan fingerprint density at radius 2 is 2.08 bits per heavy atom. The maximum atomic E-state index is 12.7. The molecule has 0 saturated carbocycles. The molecule has 1 saturated heterocycles. The summed E-state index contributed by atoms with van der Waals surface area (Å²) >= 11 is 0. The first-order valence-electron chi connectivity index (χ1n) is 8.43. The number of hydrogen-bond acceptors (Lipinski definition) is 4. The minimum Gasteiger partial charge on any atom is -0.466 e. The lowest BCUT2D eigenvalue weighted by Gasteiger charge is -2.28. The summed E-state index contributed by atoms with van der Waals surface area (Å²) in [5.41, 5.74) is 1.81. The van der Waals surface area contributed by atoms with Crippen LogP contribution in [-0.2, 0) is 13.2 Å². The molecule has 0 bridgehead atoms. The van der Waals surface area contributed by atoms with E-state index in [1.54, 1.807) is 6.07 Å². The number of aliphatic hydroxyl groups excluding tert-OH is 1. The monoisotopic (exact) mass is 328 g/mol. The largest absolute Gasteiger partial charge is 0.466 e. The topological polar surface area (TPSA) is 56.9 Å². The van der Waals surface area contributed by atoms with Gasteiger partial charge in [-0.15, -0.1) is 0 Å². The zero-order chi connectivity index (χ0) is 16.9. The second-order valence-corrected chi connectivity index (χ2v) is 6.38. The number of rotatable bonds is 4. The summed E-state index contributed by atoms with van der Waals surface area (Å²) in [5.74, 6) is 0.402. The van der Waals surface area contributed by atoms with Gasteiger partial charge in [0.1, 0.15) is 18.6 Å². The Bertz CT molecular complexity index is 668. The van der Waals surface area contributed by atoms with E-state index in [-0.39, 0.29) is 18.6 Å². The fourth-order valence-electron chi connectivity index (χ4n) is 3.28. The molecule has 1 aromatic heterocycles. The third-order valence-corrected chi connectivity index (χ3v) is 4.49. The molecule has 1 aliphatic rings. The standard InChI is InChI=1S/C19H24N2O3/c1-15-11-20(12-16-6-3-2-4-7-16)8-5-9-21(15)19(23)17-10-18(13-22)24-14-17/h2-4,6-7,10,14-15,22H,5,8-9,11-13H2,1H3. The first-order valence-corrected chi connectivity index (χ1v) is 8.43. The Labute approximate surface area is 142 Å². The van der Waals surface area contributed by atoms with Gasteiger partial charge in [-0.25, -0.2) is 0 Å². The van der Waals surface area contributed by atoms with E-state index >= 15 is 0 Å². The molecule has 1 N–H and O–H groups in total. The molecular weight excluding hydrogens is 304 g/mol. The van der Waals surface area contributed by atoms with Gasteiger partial charge in [0.25, 0.3) is 5.91 Å². The third-order valence-electron chi connectivity index (χ3n) is 4.49. The van der Waals surface area contributed by atoms with Crippen LogP contribution in [-0.4, -0.2) is 46.5 Å². The Morgan fingerprint density at radius 3 is 2.79 bits per heavy atom. The van der Waals surface area contributed by atoms with E-state index in [2.05, 4.69) is 36.1 Å². The summed E-state index contributed by atoms with van der Waals surface area (Å²) in [4.78, 5) is 17.0. The highest BCUT2D eigenvalue weighted by molar-refractivity contribution is 5.94. The lowest BCUT2D eigenvalue weighted by Crippen LogP contribution is -2.42. The van der Waals surface area contributed by atoms with Crippen molar-refractivity contribution in [2.75, 3.05) is 19.6 Å². The fourth-order valence-corrected chi connectivity index (χ4v) is 3.28. The van der Waals surface area contributed by atoms with Crippen LogP contribution in [0.3, 0.4) is 0 Å². The van der Waals surface area contributed by atoms with Gasteiger partial charge in [0, 0.05) is 32.2 Å². The summed E-state index contributed by atoms with van der Waals surface area (Å²) in [5, 5.41) is 9.09. The first-order chi connectivity index (χ1) is 11.7. The number of carbonyl (C=O) groups is 1. The molecule has 1 fully saturated rings. The highest BCUT2D eigenvalue weighted by Gasteiger charge is 2.27. The van der Waals surface area contributed by atoms with E-state index in [9.17, 15) is 4.79 Å². The van der Waals surface area contributed by atoms with Crippen molar-refractivity contribution >= 4 is 5.91 Å². The fraction of sp³-hybridized carbons (Fsp3) is 0.421. The summed E-state index contributed by atoms with van der Waals surface area (Å²) in [6.07, 6.45) is 2.39. The minimum atomic E-state index is -0.187. The molecule has 128 valence electrons. The quantitative estimate of drug-likeness (QED) is 0.937. The van der Waals surface area contributed by atoms with Crippen LogP contribution in [0.2, 0.25) is 0 Å². The van der Waals surface area contributed by atoms with Gasteiger partial charge in [-0.05, 0) is 25.0 Å². The van der Waals surface area contributed by atoms with Gasteiger partial charge >= 0.3 is 0 Å². The van der Waals surface area contributed by atoms with Gasteiger partial charge in [-0.2, -0.15) is 0 Å². The molecule has 1 aromatic carbocycles. The molecule has 3 rings (SSSR count). The van der Waals surface area contributed by atoms with Crippen LogP contribution in [0.15, 0.2) is 47.1 Å². The van der Waals surface area contributed by atoms with Crippen molar-refractivity contribution in [3.63, 3.8) is 0 Å². The Kier molecular flexibility index (Phi) is 5.33. The molecule has 5 heteroatoms. The van der Waals surface area contributed by atoms with E-state index < -0.39 is 0 Å². The summed E-state index contributed by atoms with van der Waals surface area (Å²) in [7, 11) is 0. The van der Waals surface area contributed by atoms with Crippen LogP contribution in [0.5, 0.6) is 0 Å². The molecule has 1 unspecified atom stereocenters. The van der Waals surface area contributed by atoms with E-state index in [4.69, 9.17) is 9.52 Å². The number of nitrogens with zero attached hydrogens (tertiary/aromatic N) is 2. The van der Waals surface area contributed by atoms with Crippen LogP contribution < -0.4 is 0 Å². The summed E-state index contributed by atoms with van der Waals surface area (Å²) < 4.78 is 5.18. The molecule has 0 spiro atoms.